The molecule has 0 radical (unpaired) electrons. The molecular formula is C21H21F4NO5. The van der Waals surface area contributed by atoms with E-state index in [9.17, 15) is 32.3 Å². The van der Waals surface area contributed by atoms with Gasteiger partial charge >= 0.3 is 18.2 Å². The first-order valence-corrected chi connectivity index (χ1v) is 9.22. The molecule has 2 aromatic carbocycles. The van der Waals surface area contributed by atoms with E-state index in [0.717, 1.165) is 6.07 Å². The van der Waals surface area contributed by atoms with Gasteiger partial charge in [0.1, 0.15) is 12.4 Å². The molecule has 0 aliphatic rings. The first kappa shape index (κ1) is 24.1. The monoisotopic (exact) mass is 443 g/mol. The van der Waals surface area contributed by atoms with Gasteiger partial charge in [-0.05, 0) is 43.7 Å². The number of carboxylic acid groups (broad SMARTS) is 1. The van der Waals surface area contributed by atoms with Gasteiger partial charge in [-0.1, -0.05) is 18.2 Å². The minimum atomic E-state index is -4.68. The molecule has 2 N–H and O–H groups in total. The Morgan fingerprint density at radius 1 is 1.13 bits per heavy atom. The van der Waals surface area contributed by atoms with Crippen LogP contribution in [0.15, 0.2) is 42.5 Å². The van der Waals surface area contributed by atoms with Crippen molar-refractivity contribution in [3.8, 4) is 0 Å². The maximum Gasteiger partial charge on any atom is 0.416 e. The SMILES string of the molecule is CC(C)OC(Cc1cccc(NC(=O)OCc2ccc(C(F)(F)F)cc2F)c1)C(=O)O. The van der Waals surface area contributed by atoms with E-state index < -0.39 is 42.3 Å². The fourth-order valence-corrected chi connectivity index (χ4v) is 2.65. The number of hydrogen-bond acceptors (Lipinski definition) is 4. The normalized spacial score (nSPS) is 12.5. The standard InChI is InChI=1S/C21H21F4NO5/c1-12(2)31-18(19(27)28)9-13-4-3-5-16(8-13)26-20(29)30-11-14-6-7-15(10-17(14)22)21(23,24)25/h3-8,10,12,18H,9,11H2,1-2H3,(H,26,29)(H,27,28). The Labute approximate surface area is 175 Å². The van der Waals surface area contributed by atoms with Crippen molar-refractivity contribution in [1.29, 1.82) is 0 Å². The third-order valence-corrected chi connectivity index (χ3v) is 4.05. The molecule has 0 heterocycles. The number of hydrogen-bond donors (Lipinski definition) is 2. The summed E-state index contributed by atoms with van der Waals surface area (Å²) in [6.45, 7) is 2.85. The summed E-state index contributed by atoms with van der Waals surface area (Å²) >= 11 is 0. The van der Waals surface area contributed by atoms with Crippen molar-refractivity contribution in [3.05, 3.63) is 65.0 Å². The lowest BCUT2D eigenvalue weighted by atomic mass is 10.1. The number of aliphatic carboxylic acids is 1. The van der Waals surface area contributed by atoms with Crippen LogP contribution in [-0.4, -0.2) is 29.4 Å². The number of amides is 1. The molecule has 0 fully saturated rings. The van der Waals surface area contributed by atoms with E-state index in [4.69, 9.17) is 9.47 Å². The molecule has 2 aromatic rings. The molecule has 10 heteroatoms. The Morgan fingerprint density at radius 3 is 2.42 bits per heavy atom. The average molecular weight is 443 g/mol. The number of alkyl halides is 3. The summed E-state index contributed by atoms with van der Waals surface area (Å²) < 4.78 is 61.7. The van der Waals surface area contributed by atoms with Gasteiger partial charge in [-0.25, -0.2) is 14.0 Å². The molecule has 0 aromatic heterocycles. The minimum Gasteiger partial charge on any atom is -0.479 e. The van der Waals surface area contributed by atoms with Crippen molar-refractivity contribution in [1.82, 2.24) is 0 Å². The maximum absolute atomic E-state index is 13.8. The maximum atomic E-state index is 13.8. The summed E-state index contributed by atoms with van der Waals surface area (Å²) in [6, 6.07) is 8.23. The number of ether oxygens (including phenoxy) is 2. The molecule has 0 aliphatic heterocycles. The van der Waals surface area contributed by atoms with Crippen LogP contribution in [0.5, 0.6) is 0 Å². The number of benzene rings is 2. The Hall–Kier alpha value is -3.14. The summed E-state index contributed by atoms with van der Waals surface area (Å²) in [5, 5.41) is 11.7. The van der Waals surface area contributed by atoms with Gasteiger partial charge in [0.2, 0.25) is 0 Å². The number of carbonyl (C=O) groups excluding carboxylic acids is 1. The molecule has 2 rings (SSSR count). The zero-order valence-corrected chi connectivity index (χ0v) is 16.7. The molecule has 1 unspecified atom stereocenters. The number of carbonyl (C=O) groups is 2. The lowest BCUT2D eigenvalue weighted by molar-refractivity contribution is -0.153. The topological polar surface area (TPSA) is 84.9 Å². The van der Waals surface area contributed by atoms with Gasteiger partial charge in [-0.15, -0.1) is 0 Å². The van der Waals surface area contributed by atoms with Crippen molar-refractivity contribution >= 4 is 17.7 Å². The Kier molecular flexibility index (Phi) is 7.98. The van der Waals surface area contributed by atoms with Crippen molar-refractivity contribution in [2.24, 2.45) is 0 Å². The van der Waals surface area contributed by atoms with E-state index in [1.807, 2.05) is 0 Å². The second kappa shape index (κ2) is 10.3. The van der Waals surface area contributed by atoms with Crippen molar-refractivity contribution in [2.45, 2.75) is 45.3 Å². The minimum absolute atomic E-state index is 0.0643. The lowest BCUT2D eigenvalue weighted by Crippen LogP contribution is -2.29. The second-order valence-corrected chi connectivity index (χ2v) is 6.92. The van der Waals surface area contributed by atoms with Gasteiger partial charge < -0.3 is 14.6 Å². The molecule has 1 atom stereocenters. The number of anilines is 1. The number of nitrogens with one attached hydrogen (secondary N) is 1. The largest absolute Gasteiger partial charge is 0.479 e. The van der Waals surface area contributed by atoms with Crippen molar-refractivity contribution in [3.63, 3.8) is 0 Å². The molecule has 6 nitrogen and oxygen atoms in total. The van der Waals surface area contributed by atoms with Gasteiger partial charge in [0, 0.05) is 17.7 Å². The summed E-state index contributed by atoms with van der Waals surface area (Å²) in [5.74, 6) is -2.26. The van der Waals surface area contributed by atoms with Crippen LogP contribution in [0, 0.1) is 5.82 Å². The molecule has 31 heavy (non-hydrogen) atoms. The predicted molar refractivity (Wildman–Crippen MR) is 103 cm³/mol. The summed E-state index contributed by atoms with van der Waals surface area (Å²) in [4.78, 5) is 23.3. The highest BCUT2D eigenvalue weighted by Gasteiger charge is 2.31. The highest BCUT2D eigenvalue weighted by molar-refractivity contribution is 5.84. The number of carboxylic acids is 1. The number of rotatable bonds is 8. The van der Waals surface area contributed by atoms with Gasteiger partial charge in [-0.2, -0.15) is 13.2 Å². The average Bonchev–Trinajstić information content (AvgIpc) is 2.65. The van der Waals surface area contributed by atoms with E-state index >= 15 is 0 Å². The molecular weight excluding hydrogens is 422 g/mol. The van der Waals surface area contributed by atoms with E-state index in [2.05, 4.69) is 5.32 Å². The number of halogens is 4. The molecule has 0 aliphatic carbocycles. The Morgan fingerprint density at radius 2 is 1.84 bits per heavy atom. The van der Waals surface area contributed by atoms with E-state index in [1.165, 1.54) is 12.1 Å². The highest BCUT2D eigenvalue weighted by atomic mass is 19.4. The van der Waals surface area contributed by atoms with Gasteiger partial charge in [-0.3, -0.25) is 5.32 Å². The van der Waals surface area contributed by atoms with Crippen LogP contribution in [-0.2, 0) is 33.5 Å². The van der Waals surface area contributed by atoms with Crippen LogP contribution in [0.4, 0.5) is 28.0 Å². The van der Waals surface area contributed by atoms with E-state index in [-0.39, 0.29) is 18.1 Å². The fourth-order valence-electron chi connectivity index (χ4n) is 2.65. The lowest BCUT2D eigenvalue weighted by Gasteiger charge is -2.17. The van der Waals surface area contributed by atoms with Gasteiger partial charge in [0.05, 0.1) is 11.7 Å². The van der Waals surface area contributed by atoms with Gasteiger partial charge in [0.15, 0.2) is 6.10 Å². The quantitative estimate of drug-likeness (QED) is 0.560. The van der Waals surface area contributed by atoms with Gasteiger partial charge in [0.25, 0.3) is 0 Å². The molecule has 0 spiro atoms. The van der Waals surface area contributed by atoms with Crippen molar-refractivity contribution < 1.29 is 41.7 Å². The first-order chi connectivity index (χ1) is 14.5. The molecule has 0 saturated carbocycles. The van der Waals surface area contributed by atoms with Crippen LogP contribution < -0.4 is 5.32 Å². The Bertz CT molecular complexity index is 930. The summed E-state index contributed by atoms with van der Waals surface area (Å²) in [7, 11) is 0. The summed E-state index contributed by atoms with van der Waals surface area (Å²) in [5.41, 5.74) is -0.480. The second-order valence-electron chi connectivity index (χ2n) is 6.92. The van der Waals surface area contributed by atoms with Crippen LogP contribution in [0.3, 0.4) is 0 Å². The van der Waals surface area contributed by atoms with Crippen LogP contribution >= 0.6 is 0 Å². The van der Waals surface area contributed by atoms with Crippen LogP contribution in [0.25, 0.3) is 0 Å². The zero-order valence-electron chi connectivity index (χ0n) is 16.7. The molecule has 0 saturated heterocycles. The zero-order chi connectivity index (χ0) is 23.2. The Balaban J connectivity index is 1.97. The third kappa shape index (κ3) is 7.56. The summed E-state index contributed by atoms with van der Waals surface area (Å²) in [6.07, 6.45) is -6.92. The van der Waals surface area contributed by atoms with Crippen molar-refractivity contribution in [2.75, 3.05) is 5.32 Å². The smallest absolute Gasteiger partial charge is 0.416 e. The fraction of sp³-hybridized carbons (Fsp3) is 0.333. The first-order valence-electron chi connectivity index (χ1n) is 9.22. The predicted octanol–water partition coefficient (Wildman–Crippen LogP) is 5.01. The van der Waals surface area contributed by atoms with E-state index in [0.29, 0.717) is 23.4 Å². The molecule has 168 valence electrons. The third-order valence-electron chi connectivity index (χ3n) is 4.05. The highest BCUT2D eigenvalue weighted by Crippen LogP contribution is 2.30. The molecule has 1 amide bonds. The van der Waals surface area contributed by atoms with E-state index in [1.54, 1.807) is 26.0 Å². The van der Waals surface area contributed by atoms with Crippen LogP contribution in [0.1, 0.15) is 30.5 Å². The van der Waals surface area contributed by atoms with Crippen LogP contribution in [0.2, 0.25) is 0 Å². The molecule has 0 bridgehead atoms.